The first-order chi connectivity index (χ1) is 11.3. The second-order valence-corrected chi connectivity index (χ2v) is 16.9. The Kier molecular flexibility index (Phi) is 7.62. The summed E-state index contributed by atoms with van der Waals surface area (Å²) < 4.78 is 0. The fourth-order valence-corrected chi connectivity index (χ4v) is 5.56. The van der Waals surface area contributed by atoms with Crippen LogP contribution in [-0.2, 0) is 20.8 Å². The summed E-state index contributed by atoms with van der Waals surface area (Å²) in [6, 6.07) is 4.71. The van der Waals surface area contributed by atoms with Crippen LogP contribution in [0.5, 0.6) is 5.75 Å². The van der Waals surface area contributed by atoms with Crippen LogP contribution in [0.4, 0.5) is 0 Å². The monoisotopic (exact) mass is 461 g/mol. The average Bonchev–Trinajstić information content (AvgIpc) is 3.10. The molecule has 3 rings (SSSR count). The van der Waals surface area contributed by atoms with E-state index in [-0.39, 0.29) is 0 Å². The van der Waals surface area contributed by atoms with Crippen molar-refractivity contribution >= 4 is 36.5 Å². The molecule has 1 N–H and O–H groups in total. The zero-order valence-electron chi connectivity index (χ0n) is 14.9. The van der Waals surface area contributed by atoms with Crippen LogP contribution in [-0.4, -0.2) is 25.4 Å². The van der Waals surface area contributed by atoms with Gasteiger partial charge in [-0.2, -0.15) is 0 Å². The van der Waals surface area contributed by atoms with Crippen LogP contribution in [0.2, 0.25) is 19.6 Å². The molecule has 0 radical (unpaired) electrons. The van der Waals surface area contributed by atoms with Crippen molar-refractivity contribution in [3.05, 3.63) is 23.3 Å². The van der Waals surface area contributed by atoms with E-state index in [9.17, 15) is 5.11 Å². The van der Waals surface area contributed by atoms with Crippen molar-refractivity contribution in [2.24, 2.45) is 16.8 Å². The van der Waals surface area contributed by atoms with E-state index in [4.69, 9.17) is 22.0 Å². The van der Waals surface area contributed by atoms with Crippen molar-refractivity contribution in [2.45, 2.75) is 58.3 Å². The predicted molar refractivity (Wildman–Crippen MR) is 104 cm³/mol. The van der Waals surface area contributed by atoms with Gasteiger partial charge in [-0.05, 0) is 49.3 Å². The van der Waals surface area contributed by atoms with E-state index in [1.54, 1.807) is 0 Å². The number of aliphatic imine (C=N–C) groups is 1. The van der Waals surface area contributed by atoms with Crippen LogP contribution in [0.1, 0.15) is 36.8 Å². The fourth-order valence-electron chi connectivity index (χ4n) is 4.05. The van der Waals surface area contributed by atoms with Crippen LogP contribution < -0.4 is 5.19 Å². The van der Waals surface area contributed by atoms with Crippen molar-refractivity contribution in [2.75, 3.05) is 0 Å². The minimum atomic E-state index is -1.53. The maximum atomic E-state index is 10.6. The standard InChI is InChI=1S/C18H27NOSi.2ClH.Zr/c1-12-7-15(18(20)17(8-12)21(2,3)4)11-19-16-10-13-5-6-14(16)9-13;;;/h7-8,11,13-14,16,20H,5-6,9-10H2,1-4H3;2*1H;/q;;;+2/p-2. The molecule has 132 valence electrons. The molecule has 2 aliphatic carbocycles. The zero-order chi connectivity index (χ0) is 17.9. The molecule has 1 aromatic carbocycles. The quantitative estimate of drug-likeness (QED) is 0.483. The van der Waals surface area contributed by atoms with Gasteiger partial charge < -0.3 is 5.11 Å². The molecular weight excluding hydrogens is 436 g/mol. The van der Waals surface area contributed by atoms with Crippen molar-refractivity contribution in [3.8, 4) is 5.75 Å². The first kappa shape index (κ1) is 20.7. The summed E-state index contributed by atoms with van der Waals surface area (Å²) in [5.41, 5.74) is 2.13. The van der Waals surface area contributed by atoms with Gasteiger partial charge in [0.1, 0.15) is 5.75 Å². The molecule has 2 aliphatic rings. The SMILES string of the molecule is Cc1cc(C=NC2CC3CCC2C3)c(O)c([Si](C)(C)C)c1.[Cl][Zr][Cl]. The Bertz CT molecular complexity index is 603. The van der Waals surface area contributed by atoms with Crippen LogP contribution >= 0.6 is 17.0 Å². The van der Waals surface area contributed by atoms with Gasteiger partial charge in [-0.3, -0.25) is 4.99 Å². The summed E-state index contributed by atoms with van der Waals surface area (Å²) in [5.74, 6) is 2.18. The molecule has 0 amide bonds. The number of aryl methyl sites for hydroxylation is 1. The topological polar surface area (TPSA) is 32.6 Å². The van der Waals surface area contributed by atoms with E-state index in [0.29, 0.717) is 11.8 Å². The number of nitrogens with zero attached hydrogens (tertiary/aromatic N) is 1. The van der Waals surface area contributed by atoms with Crippen LogP contribution in [0.25, 0.3) is 0 Å². The molecule has 3 unspecified atom stereocenters. The third-order valence-corrected chi connectivity index (χ3v) is 7.19. The molecule has 2 nitrogen and oxygen atoms in total. The predicted octanol–water partition coefficient (Wildman–Crippen LogP) is 5.23. The van der Waals surface area contributed by atoms with Gasteiger partial charge in [0.05, 0.1) is 14.1 Å². The Morgan fingerprint density at radius 1 is 1.21 bits per heavy atom. The first-order valence-electron chi connectivity index (χ1n) is 8.59. The molecule has 1 aromatic rings. The molecule has 2 fully saturated rings. The molecule has 0 saturated heterocycles. The molecule has 6 heteroatoms. The van der Waals surface area contributed by atoms with Gasteiger partial charge in [0.2, 0.25) is 0 Å². The molecule has 2 saturated carbocycles. The normalized spacial score (nSPS) is 25.7. The van der Waals surface area contributed by atoms with Crippen LogP contribution in [0.3, 0.4) is 0 Å². The number of rotatable bonds is 3. The summed E-state index contributed by atoms with van der Waals surface area (Å²) in [5, 5.41) is 11.7. The second-order valence-electron chi connectivity index (χ2n) is 8.09. The third-order valence-electron chi connectivity index (χ3n) is 5.20. The average molecular weight is 464 g/mol. The van der Waals surface area contributed by atoms with Crippen LogP contribution in [0, 0.1) is 18.8 Å². The van der Waals surface area contributed by atoms with E-state index in [1.807, 2.05) is 6.21 Å². The third kappa shape index (κ3) is 5.19. The Morgan fingerprint density at radius 2 is 1.88 bits per heavy atom. The minimum absolute atomic E-state index is 0.465. The number of hydrogen-bond acceptors (Lipinski definition) is 2. The number of benzene rings is 1. The molecule has 0 aliphatic heterocycles. The number of hydrogen-bond donors (Lipinski definition) is 1. The van der Waals surface area contributed by atoms with E-state index >= 15 is 0 Å². The van der Waals surface area contributed by atoms with Gasteiger partial charge in [0, 0.05) is 11.8 Å². The molecule has 3 atom stereocenters. The molecule has 0 heterocycles. The Morgan fingerprint density at radius 3 is 2.38 bits per heavy atom. The van der Waals surface area contributed by atoms with Crippen LogP contribution in [0.15, 0.2) is 17.1 Å². The molecule has 0 spiro atoms. The Hall–Kier alpha value is 0.370. The van der Waals surface area contributed by atoms with Crippen molar-refractivity contribution in [1.82, 2.24) is 0 Å². The number of aromatic hydroxyl groups is 1. The van der Waals surface area contributed by atoms with Crippen molar-refractivity contribution < 1.29 is 26.0 Å². The second kappa shape index (κ2) is 8.84. The molecule has 0 aromatic heterocycles. The van der Waals surface area contributed by atoms with Crippen molar-refractivity contribution in [3.63, 3.8) is 0 Å². The Balaban J connectivity index is 0.000000647. The van der Waals surface area contributed by atoms with E-state index in [0.717, 1.165) is 22.6 Å². The summed E-state index contributed by atoms with van der Waals surface area (Å²) in [6.07, 6.45) is 7.34. The number of fused-ring (bicyclic) bond motifs is 2. The van der Waals surface area contributed by atoms with E-state index in [1.165, 1.54) is 31.2 Å². The number of phenols is 1. The van der Waals surface area contributed by atoms with Gasteiger partial charge >= 0.3 is 37.9 Å². The van der Waals surface area contributed by atoms with Gasteiger partial charge in [-0.25, -0.2) is 0 Å². The van der Waals surface area contributed by atoms with Gasteiger partial charge in [0.15, 0.2) is 0 Å². The van der Waals surface area contributed by atoms with Gasteiger partial charge in [0.25, 0.3) is 0 Å². The number of phenolic OH excluding ortho intramolecular Hbond substituents is 1. The molecular formula is C18H27Cl2NOSiZr. The van der Waals surface area contributed by atoms with Crippen molar-refractivity contribution in [1.29, 1.82) is 0 Å². The maximum absolute atomic E-state index is 10.6. The van der Waals surface area contributed by atoms with Gasteiger partial charge in [-0.1, -0.05) is 37.7 Å². The summed E-state index contributed by atoms with van der Waals surface area (Å²) in [7, 11) is 8.34. The summed E-state index contributed by atoms with van der Waals surface area (Å²) in [4.78, 5) is 4.83. The summed E-state index contributed by atoms with van der Waals surface area (Å²) >= 11 is -0.826. The fraction of sp³-hybridized carbons (Fsp3) is 0.611. The summed E-state index contributed by atoms with van der Waals surface area (Å²) in [6.45, 7) is 8.94. The first-order valence-corrected chi connectivity index (χ1v) is 18.4. The van der Waals surface area contributed by atoms with Gasteiger partial charge in [-0.15, -0.1) is 0 Å². The zero-order valence-corrected chi connectivity index (χ0v) is 19.9. The molecule has 2 bridgehead atoms. The number of halogens is 2. The van der Waals surface area contributed by atoms with E-state index < -0.39 is 28.9 Å². The van der Waals surface area contributed by atoms with E-state index in [2.05, 4.69) is 38.7 Å². The Labute approximate surface area is 165 Å². The molecule has 24 heavy (non-hydrogen) atoms.